The van der Waals surface area contributed by atoms with Crippen LogP contribution in [0.2, 0.25) is 0 Å². The van der Waals surface area contributed by atoms with Crippen molar-refractivity contribution in [1.82, 2.24) is 0 Å². The van der Waals surface area contributed by atoms with Crippen LogP contribution in [0.4, 0.5) is 11.4 Å². The molecule has 0 unspecified atom stereocenters. The topological polar surface area (TPSA) is 58.2 Å². The predicted molar refractivity (Wildman–Crippen MR) is 95.9 cm³/mol. The van der Waals surface area contributed by atoms with E-state index in [1.54, 1.807) is 0 Å². The fourth-order valence-electron chi connectivity index (χ4n) is 2.54. The van der Waals surface area contributed by atoms with Crippen LogP contribution in [0, 0.1) is 12.8 Å². The molecular formula is C20H22N2O2. The number of hydrogen-bond acceptors (Lipinski definition) is 2. The number of rotatable bonds is 6. The summed E-state index contributed by atoms with van der Waals surface area (Å²) in [7, 11) is 0. The Balaban J connectivity index is 1.57. The Morgan fingerprint density at radius 2 is 1.79 bits per heavy atom. The lowest BCUT2D eigenvalue weighted by Crippen LogP contribution is -2.15. The van der Waals surface area contributed by atoms with Crippen molar-refractivity contribution in [1.29, 1.82) is 0 Å². The van der Waals surface area contributed by atoms with E-state index >= 15 is 0 Å². The number of amides is 2. The smallest absolute Gasteiger partial charge is 0.227 e. The van der Waals surface area contributed by atoms with Gasteiger partial charge in [0.1, 0.15) is 0 Å². The van der Waals surface area contributed by atoms with Gasteiger partial charge in [-0.15, -0.1) is 0 Å². The highest BCUT2D eigenvalue weighted by Gasteiger charge is 2.29. The summed E-state index contributed by atoms with van der Waals surface area (Å²) < 4.78 is 0. The average Bonchev–Trinajstić information content (AvgIpc) is 3.42. The van der Waals surface area contributed by atoms with E-state index in [2.05, 4.69) is 10.6 Å². The third kappa shape index (κ3) is 4.44. The van der Waals surface area contributed by atoms with Gasteiger partial charge in [0.25, 0.3) is 0 Å². The number of carbonyl (C=O) groups is 2. The number of anilines is 2. The number of nitrogens with one attached hydrogen (secondary N) is 2. The maximum Gasteiger partial charge on any atom is 0.227 e. The first-order valence-corrected chi connectivity index (χ1v) is 8.37. The molecule has 2 N–H and O–H groups in total. The van der Waals surface area contributed by atoms with E-state index in [9.17, 15) is 9.59 Å². The SMILES string of the molecule is Cc1ccc(NC(=O)CCc2ccccc2)cc1NC(=O)C1CC1. The van der Waals surface area contributed by atoms with Crippen molar-refractivity contribution in [2.24, 2.45) is 5.92 Å². The summed E-state index contributed by atoms with van der Waals surface area (Å²) in [6, 6.07) is 15.6. The first-order valence-electron chi connectivity index (χ1n) is 8.37. The molecule has 2 aromatic rings. The zero-order chi connectivity index (χ0) is 16.9. The van der Waals surface area contributed by atoms with Crippen molar-refractivity contribution < 1.29 is 9.59 Å². The van der Waals surface area contributed by atoms with E-state index in [0.29, 0.717) is 18.5 Å². The van der Waals surface area contributed by atoms with Crippen molar-refractivity contribution in [2.75, 3.05) is 10.6 Å². The fourth-order valence-corrected chi connectivity index (χ4v) is 2.54. The van der Waals surface area contributed by atoms with Gasteiger partial charge < -0.3 is 10.6 Å². The van der Waals surface area contributed by atoms with Crippen LogP contribution in [-0.2, 0) is 16.0 Å². The summed E-state index contributed by atoms with van der Waals surface area (Å²) in [5.41, 5.74) is 3.62. The van der Waals surface area contributed by atoms with Gasteiger partial charge in [-0.3, -0.25) is 9.59 Å². The Bertz CT molecular complexity index is 737. The van der Waals surface area contributed by atoms with E-state index in [0.717, 1.165) is 29.7 Å². The molecule has 2 amide bonds. The van der Waals surface area contributed by atoms with Gasteiger partial charge in [-0.05, 0) is 49.4 Å². The molecule has 2 aromatic carbocycles. The summed E-state index contributed by atoms with van der Waals surface area (Å²) in [4.78, 5) is 24.0. The van der Waals surface area contributed by atoms with Gasteiger partial charge in [0.15, 0.2) is 0 Å². The van der Waals surface area contributed by atoms with Gasteiger partial charge in [-0.2, -0.15) is 0 Å². The summed E-state index contributed by atoms with van der Waals surface area (Å²) in [6.07, 6.45) is 3.09. The minimum absolute atomic E-state index is 0.0258. The molecule has 1 saturated carbocycles. The van der Waals surface area contributed by atoms with Crippen LogP contribution in [0.25, 0.3) is 0 Å². The maximum absolute atomic E-state index is 12.1. The molecule has 3 rings (SSSR count). The van der Waals surface area contributed by atoms with Crippen molar-refractivity contribution >= 4 is 23.2 Å². The molecule has 124 valence electrons. The lowest BCUT2D eigenvalue weighted by atomic mass is 10.1. The monoisotopic (exact) mass is 322 g/mol. The van der Waals surface area contributed by atoms with Crippen LogP contribution in [0.3, 0.4) is 0 Å². The van der Waals surface area contributed by atoms with Crippen molar-refractivity contribution in [3.8, 4) is 0 Å². The zero-order valence-electron chi connectivity index (χ0n) is 13.8. The van der Waals surface area contributed by atoms with E-state index < -0.39 is 0 Å². The van der Waals surface area contributed by atoms with E-state index in [1.807, 2.05) is 55.5 Å². The second-order valence-electron chi connectivity index (χ2n) is 6.33. The normalized spacial score (nSPS) is 13.4. The summed E-state index contributed by atoms with van der Waals surface area (Å²) in [5, 5.41) is 5.86. The molecule has 4 nitrogen and oxygen atoms in total. The summed E-state index contributed by atoms with van der Waals surface area (Å²) in [6.45, 7) is 1.95. The quantitative estimate of drug-likeness (QED) is 0.847. The molecular weight excluding hydrogens is 300 g/mol. The third-order valence-corrected chi connectivity index (χ3v) is 4.21. The van der Waals surface area contributed by atoms with Gasteiger partial charge in [-0.1, -0.05) is 36.4 Å². The maximum atomic E-state index is 12.1. The van der Waals surface area contributed by atoms with Crippen LogP contribution < -0.4 is 10.6 Å². The summed E-state index contributed by atoms with van der Waals surface area (Å²) >= 11 is 0. The molecule has 0 radical (unpaired) electrons. The average molecular weight is 322 g/mol. The Hall–Kier alpha value is -2.62. The first kappa shape index (κ1) is 16.2. The lowest BCUT2D eigenvalue weighted by Gasteiger charge is -2.11. The third-order valence-electron chi connectivity index (χ3n) is 4.21. The van der Waals surface area contributed by atoms with E-state index in [-0.39, 0.29) is 17.7 Å². The molecule has 0 bridgehead atoms. The molecule has 1 aliphatic carbocycles. The molecule has 1 aliphatic rings. The van der Waals surface area contributed by atoms with E-state index in [4.69, 9.17) is 0 Å². The second kappa shape index (κ2) is 7.30. The number of carbonyl (C=O) groups excluding carboxylic acids is 2. The molecule has 24 heavy (non-hydrogen) atoms. The van der Waals surface area contributed by atoms with Crippen LogP contribution in [0.15, 0.2) is 48.5 Å². The minimum atomic E-state index is -0.0258. The molecule has 4 heteroatoms. The number of benzene rings is 2. The Morgan fingerprint density at radius 3 is 2.50 bits per heavy atom. The van der Waals surface area contributed by atoms with Gasteiger partial charge >= 0.3 is 0 Å². The van der Waals surface area contributed by atoms with Crippen LogP contribution in [-0.4, -0.2) is 11.8 Å². The fraction of sp³-hybridized carbons (Fsp3) is 0.300. The van der Waals surface area contributed by atoms with Gasteiger partial charge in [0.05, 0.1) is 0 Å². The Kier molecular flexibility index (Phi) is 4.94. The van der Waals surface area contributed by atoms with Gasteiger partial charge in [0, 0.05) is 23.7 Å². The van der Waals surface area contributed by atoms with Gasteiger partial charge in [-0.25, -0.2) is 0 Å². The van der Waals surface area contributed by atoms with Crippen molar-refractivity contribution in [3.63, 3.8) is 0 Å². The molecule has 0 saturated heterocycles. The van der Waals surface area contributed by atoms with Crippen LogP contribution in [0.1, 0.15) is 30.4 Å². The van der Waals surface area contributed by atoms with Crippen molar-refractivity contribution in [2.45, 2.75) is 32.6 Å². The zero-order valence-corrected chi connectivity index (χ0v) is 13.8. The molecule has 0 spiro atoms. The number of hydrogen-bond donors (Lipinski definition) is 2. The number of aryl methyl sites for hydroxylation is 2. The lowest BCUT2D eigenvalue weighted by molar-refractivity contribution is -0.117. The van der Waals surface area contributed by atoms with Gasteiger partial charge in [0.2, 0.25) is 11.8 Å². The molecule has 0 aromatic heterocycles. The predicted octanol–water partition coefficient (Wildman–Crippen LogP) is 3.91. The standard InChI is InChI=1S/C20H22N2O2/c1-14-7-11-17(13-18(14)22-20(24)16-9-10-16)21-19(23)12-8-15-5-3-2-4-6-15/h2-7,11,13,16H,8-10,12H2,1H3,(H,21,23)(H,22,24). The summed E-state index contributed by atoms with van der Waals surface area (Å²) in [5.74, 6) is 0.210. The highest BCUT2D eigenvalue weighted by molar-refractivity contribution is 5.96. The largest absolute Gasteiger partial charge is 0.326 e. The van der Waals surface area contributed by atoms with Crippen LogP contribution in [0.5, 0.6) is 0 Å². The van der Waals surface area contributed by atoms with Crippen LogP contribution >= 0.6 is 0 Å². The molecule has 0 aliphatic heterocycles. The van der Waals surface area contributed by atoms with E-state index in [1.165, 1.54) is 0 Å². The molecule has 0 atom stereocenters. The highest BCUT2D eigenvalue weighted by Crippen LogP contribution is 2.31. The Labute approximate surface area is 142 Å². The molecule has 0 heterocycles. The molecule has 1 fully saturated rings. The minimum Gasteiger partial charge on any atom is -0.326 e. The van der Waals surface area contributed by atoms with Crippen molar-refractivity contribution in [3.05, 3.63) is 59.7 Å². The first-order chi connectivity index (χ1) is 11.6. The second-order valence-corrected chi connectivity index (χ2v) is 6.33. The Morgan fingerprint density at radius 1 is 1.04 bits per heavy atom. The highest BCUT2D eigenvalue weighted by atomic mass is 16.2.